The van der Waals surface area contributed by atoms with Crippen LogP contribution in [0.3, 0.4) is 0 Å². The van der Waals surface area contributed by atoms with E-state index in [9.17, 15) is 14.4 Å². The molecule has 1 aliphatic heterocycles. The van der Waals surface area contributed by atoms with Crippen LogP contribution in [0.1, 0.15) is 37.9 Å². The average Bonchev–Trinajstić information content (AvgIpc) is 3.09. The van der Waals surface area contributed by atoms with Crippen molar-refractivity contribution >= 4 is 17.7 Å². The molecule has 3 aromatic carbocycles. The van der Waals surface area contributed by atoms with Crippen LogP contribution in [0.15, 0.2) is 84.9 Å². The number of rotatable bonds is 8. The van der Waals surface area contributed by atoms with E-state index in [0.717, 1.165) is 16.0 Å². The molecule has 0 unspecified atom stereocenters. The smallest absolute Gasteiger partial charge is 0.262 e. The Morgan fingerprint density at radius 2 is 1.33 bits per heavy atom. The lowest BCUT2D eigenvalue weighted by Gasteiger charge is -2.29. The van der Waals surface area contributed by atoms with Gasteiger partial charge in [0.15, 0.2) is 0 Å². The molecule has 0 saturated carbocycles. The lowest BCUT2D eigenvalue weighted by atomic mass is 10.0. The fourth-order valence-corrected chi connectivity index (χ4v) is 4.22. The van der Waals surface area contributed by atoms with Gasteiger partial charge in [0.25, 0.3) is 11.8 Å². The lowest BCUT2D eigenvalue weighted by molar-refractivity contribution is -0.125. The van der Waals surface area contributed by atoms with Gasteiger partial charge in [0.1, 0.15) is 6.04 Å². The maximum absolute atomic E-state index is 13.5. The molecule has 2 atom stereocenters. The first-order valence-corrected chi connectivity index (χ1v) is 11.0. The molecule has 33 heavy (non-hydrogen) atoms. The second-order valence-electron chi connectivity index (χ2n) is 8.37. The van der Waals surface area contributed by atoms with Gasteiger partial charge in [-0.2, -0.15) is 0 Å². The molecule has 168 valence electrons. The SMILES string of the molecule is CN(C)[C@H](CNC(=O)[C@H](Cc1ccccc1)N1C(=O)c2ccccc2C1=O)c1ccccc1. The van der Waals surface area contributed by atoms with Crippen LogP contribution in [0.4, 0.5) is 0 Å². The summed E-state index contributed by atoms with van der Waals surface area (Å²) in [5.41, 5.74) is 2.62. The molecule has 0 radical (unpaired) electrons. The predicted molar refractivity (Wildman–Crippen MR) is 127 cm³/mol. The molecule has 0 spiro atoms. The van der Waals surface area contributed by atoms with E-state index in [2.05, 4.69) is 5.32 Å². The first kappa shape index (κ1) is 22.4. The fraction of sp³-hybridized carbons (Fsp3) is 0.222. The Hall–Kier alpha value is -3.77. The lowest BCUT2D eigenvalue weighted by Crippen LogP contribution is -2.51. The van der Waals surface area contributed by atoms with Gasteiger partial charge < -0.3 is 10.2 Å². The highest BCUT2D eigenvalue weighted by atomic mass is 16.2. The van der Waals surface area contributed by atoms with E-state index in [-0.39, 0.29) is 18.4 Å². The summed E-state index contributed by atoms with van der Waals surface area (Å²) < 4.78 is 0. The quantitative estimate of drug-likeness (QED) is 0.545. The summed E-state index contributed by atoms with van der Waals surface area (Å²) in [6, 6.07) is 25.1. The van der Waals surface area contributed by atoms with Crippen LogP contribution in [0.2, 0.25) is 0 Å². The highest BCUT2D eigenvalue weighted by molar-refractivity contribution is 6.22. The summed E-state index contributed by atoms with van der Waals surface area (Å²) >= 11 is 0. The summed E-state index contributed by atoms with van der Waals surface area (Å²) in [5, 5.41) is 3.00. The normalized spacial score (nSPS) is 14.8. The molecule has 0 saturated heterocycles. The second-order valence-corrected chi connectivity index (χ2v) is 8.37. The molecule has 0 fully saturated rings. The van der Waals surface area contributed by atoms with Gasteiger partial charge in [-0.15, -0.1) is 0 Å². The van der Waals surface area contributed by atoms with Crippen molar-refractivity contribution in [2.75, 3.05) is 20.6 Å². The molecule has 1 heterocycles. The largest absolute Gasteiger partial charge is 0.352 e. The molecular formula is C27H27N3O3. The highest BCUT2D eigenvalue weighted by Crippen LogP contribution is 2.26. The molecule has 0 bridgehead atoms. The minimum atomic E-state index is -0.946. The highest BCUT2D eigenvalue weighted by Gasteiger charge is 2.42. The predicted octanol–water partition coefficient (Wildman–Crippen LogP) is 3.31. The van der Waals surface area contributed by atoms with Crippen LogP contribution in [0.5, 0.6) is 0 Å². The number of benzene rings is 3. The Morgan fingerprint density at radius 3 is 1.88 bits per heavy atom. The van der Waals surface area contributed by atoms with Crippen molar-refractivity contribution in [1.82, 2.24) is 15.1 Å². The first-order valence-electron chi connectivity index (χ1n) is 11.0. The van der Waals surface area contributed by atoms with Gasteiger partial charge >= 0.3 is 0 Å². The molecule has 3 amide bonds. The Labute approximate surface area is 193 Å². The van der Waals surface area contributed by atoms with E-state index in [1.54, 1.807) is 24.3 Å². The van der Waals surface area contributed by atoms with Crippen LogP contribution in [-0.4, -0.2) is 54.2 Å². The topological polar surface area (TPSA) is 69.7 Å². The zero-order chi connectivity index (χ0) is 23.4. The first-order chi connectivity index (χ1) is 16.0. The van der Waals surface area contributed by atoms with Gasteiger partial charge in [0, 0.05) is 13.0 Å². The summed E-state index contributed by atoms with van der Waals surface area (Å²) in [6.07, 6.45) is 0.246. The third-order valence-electron chi connectivity index (χ3n) is 5.99. The Morgan fingerprint density at radius 1 is 0.818 bits per heavy atom. The van der Waals surface area contributed by atoms with Crippen LogP contribution < -0.4 is 5.32 Å². The number of hydrogen-bond acceptors (Lipinski definition) is 4. The molecule has 1 N–H and O–H groups in total. The van der Waals surface area contributed by atoms with Crippen molar-refractivity contribution in [3.05, 3.63) is 107 Å². The van der Waals surface area contributed by atoms with E-state index >= 15 is 0 Å². The Balaban J connectivity index is 1.59. The molecule has 1 aliphatic rings. The number of carbonyl (C=O) groups is 3. The van der Waals surface area contributed by atoms with E-state index in [1.165, 1.54) is 0 Å². The van der Waals surface area contributed by atoms with Crippen molar-refractivity contribution in [2.24, 2.45) is 0 Å². The van der Waals surface area contributed by atoms with Crippen molar-refractivity contribution < 1.29 is 14.4 Å². The van der Waals surface area contributed by atoms with E-state index < -0.39 is 17.9 Å². The fourth-order valence-electron chi connectivity index (χ4n) is 4.22. The molecule has 6 nitrogen and oxygen atoms in total. The number of amides is 3. The molecule has 6 heteroatoms. The minimum Gasteiger partial charge on any atom is -0.352 e. The third-order valence-corrected chi connectivity index (χ3v) is 5.99. The van der Waals surface area contributed by atoms with E-state index in [0.29, 0.717) is 17.7 Å². The molecule has 0 aromatic heterocycles. The van der Waals surface area contributed by atoms with Crippen LogP contribution in [0.25, 0.3) is 0 Å². The Bertz CT molecular complexity index is 1110. The summed E-state index contributed by atoms with van der Waals surface area (Å²) in [4.78, 5) is 42.9. The van der Waals surface area contributed by atoms with Crippen molar-refractivity contribution in [3.8, 4) is 0 Å². The maximum Gasteiger partial charge on any atom is 0.262 e. The van der Waals surface area contributed by atoms with Gasteiger partial charge in [0.05, 0.1) is 17.2 Å². The zero-order valence-electron chi connectivity index (χ0n) is 18.8. The second kappa shape index (κ2) is 9.79. The van der Waals surface area contributed by atoms with Gasteiger partial charge in [-0.25, -0.2) is 0 Å². The third kappa shape index (κ3) is 4.71. The molecular weight excluding hydrogens is 414 g/mol. The van der Waals surface area contributed by atoms with Gasteiger partial charge in [0.2, 0.25) is 5.91 Å². The van der Waals surface area contributed by atoms with E-state index in [4.69, 9.17) is 0 Å². The van der Waals surface area contributed by atoms with Crippen LogP contribution >= 0.6 is 0 Å². The maximum atomic E-state index is 13.5. The number of fused-ring (bicyclic) bond motifs is 1. The van der Waals surface area contributed by atoms with Crippen LogP contribution in [-0.2, 0) is 11.2 Å². The number of likely N-dealkylation sites (N-methyl/N-ethyl adjacent to an activating group) is 1. The average molecular weight is 442 g/mol. The summed E-state index contributed by atoms with van der Waals surface area (Å²) in [6.45, 7) is 0.351. The molecule has 4 rings (SSSR count). The van der Waals surface area contributed by atoms with Crippen molar-refractivity contribution in [3.63, 3.8) is 0 Å². The standard InChI is InChI=1S/C27H27N3O3/c1-29(2)24(20-13-7-4-8-14-20)18-28-25(31)23(17-19-11-5-3-6-12-19)30-26(32)21-15-9-10-16-22(21)27(30)33/h3-16,23-24H,17-18H2,1-2H3,(H,28,31)/t23-,24+/m0/s1. The van der Waals surface area contributed by atoms with Crippen molar-refractivity contribution in [2.45, 2.75) is 18.5 Å². The summed E-state index contributed by atoms with van der Waals surface area (Å²) in [5.74, 6) is -1.21. The van der Waals surface area contributed by atoms with Gasteiger partial charge in [-0.1, -0.05) is 72.8 Å². The monoisotopic (exact) mass is 441 g/mol. The molecule has 3 aromatic rings. The Kier molecular flexibility index (Phi) is 6.66. The molecule has 0 aliphatic carbocycles. The minimum absolute atomic E-state index is 0.0466. The number of nitrogens with one attached hydrogen (secondary N) is 1. The zero-order valence-corrected chi connectivity index (χ0v) is 18.8. The summed E-state index contributed by atoms with van der Waals surface area (Å²) in [7, 11) is 3.91. The van der Waals surface area contributed by atoms with Crippen LogP contribution in [0, 0.1) is 0 Å². The van der Waals surface area contributed by atoms with Crippen molar-refractivity contribution in [1.29, 1.82) is 0 Å². The number of carbonyl (C=O) groups excluding carboxylic acids is 3. The number of imide groups is 1. The number of hydrogen-bond donors (Lipinski definition) is 1. The van der Waals surface area contributed by atoms with Gasteiger partial charge in [-0.05, 0) is 37.4 Å². The number of nitrogens with zero attached hydrogens (tertiary/aromatic N) is 2. The van der Waals surface area contributed by atoms with Gasteiger partial charge in [-0.3, -0.25) is 19.3 Å². The van der Waals surface area contributed by atoms with E-state index in [1.807, 2.05) is 79.7 Å².